The number of rotatable bonds is 43. The van der Waals surface area contributed by atoms with Crippen LogP contribution in [0.1, 0.15) is 232 Å². The summed E-state index contributed by atoms with van der Waals surface area (Å²) in [7, 11) is -5.09. The third-order valence-electron chi connectivity index (χ3n) is 12.3. The highest BCUT2D eigenvalue weighted by Gasteiger charge is 2.48. The molecule has 8 atom stereocenters. The molecule has 1 amide bonds. The van der Waals surface area contributed by atoms with E-state index in [-0.39, 0.29) is 6.42 Å². The van der Waals surface area contributed by atoms with Gasteiger partial charge >= 0.3 is 10.4 Å². The van der Waals surface area contributed by atoms with Gasteiger partial charge in [0.2, 0.25) is 5.91 Å². The van der Waals surface area contributed by atoms with Crippen molar-refractivity contribution in [3.8, 4) is 0 Å². The Kier molecular flexibility index (Phi) is 36.5. The zero-order valence-corrected chi connectivity index (χ0v) is 39.4. The highest BCUT2D eigenvalue weighted by molar-refractivity contribution is 7.80. The predicted octanol–water partition coefficient (Wildman–Crippen LogP) is 9.14. The van der Waals surface area contributed by atoms with Gasteiger partial charge < -0.3 is 40.3 Å². The molecule has 0 aliphatic carbocycles. The Balaban J connectivity index is 2.12. The summed E-state index contributed by atoms with van der Waals surface area (Å²) in [5.74, 6) is -0.676. The number of unbranched alkanes of at least 4 members (excludes halogenated alkanes) is 30. The lowest BCUT2D eigenvalue weighted by atomic mass is 9.99. The number of aliphatic hydroxyl groups excluding tert-OH is 5. The fourth-order valence-corrected chi connectivity index (χ4v) is 8.80. The Hall–Kier alpha value is -0.940. The number of ether oxygens (including phenoxy) is 2. The Morgan fingerprint density at radius 1 is 0.590 bits per heavy atom. The van der Waals surface area contributed by atoms with Crippen LogP contribution in [0.15, 0.2) is 0 Å². The number of carbonyl (C=O) groups is 1. The average Bonchev–Trinajstić information content (AvgIpc) is 3.23. The summed E-state index contributed by atoms with van der Waals surface area (Å²) in [4.78, 5) is 13.0. The summed E-state index contributed by atoms with van der Waals surface area (Å²) in [5.41, 5.74) is 0. The highest BCUT2D eigenvalue weighted by Crippen LogP contribution is 2.26. The summed E-state index contributed by atoms with van der Waals surface area (Å²) >= 11 is 0. The zero-order valence-electron chi connectivity index (χ0n) is 38.6. The van der Waals surface area contributed by atoms with E-state index in [9.17, 15) is 38.7 Å². The van der Waals surface area contributed by atoms with Crippen LogP contribution in [0, 0.1) is 0 Å². The minimum Gasteiger partial charge on any atom is -0.394 e. The lowest BCUT2D eigenvalue weighted by Crippen LogP contribution is -2.61. The van der Waals surface area contributed by atoms with Gasteiger partial charge in [-0.25, -0.2) is 4.18 Å². The normalized spacial score (nSPS) is 21.1. The maximum Gasteiger partial charge on any atom is 0.397 e. The van der Waals surface area contributed by atoms with Gasteiger partial charge in [0.15, 0.2) is 6.29 Å². The van der Waals surface area contributed by atoms with Crippen LogP contribution >= 0.6 is 0 Å². The van der Waals surface area contributed by atoms with Crippen LogP contribution in [-0.4, -0.2) is 107 Å². The predicted molar refractivity (Wildman–Crippen MR) is 242 cm³/mol. The molecule has 13 nitrogen and oxygen atoms in total. The van der Waals surface area contributed by atoms with Crippen LogP contribution in [0.2, 0.25) is 0 Å². The van der Waals surface area contributed by atoms with Gasteiger partial charge in [0.05, 0.1) is 25.4 Å². The molecular weight excluding hydrogens is 803 g/mol. The molecule has 1 rings (SSSR count). The maximum atomic E-state index is 13.0. The van der Waals surface area contributed by atoms with E-state index >= 15 is 0 Å². The number of carbonyl (C=O) groups excluding carboxylic acids is 1. The average molecular weight is 896 g/mol. The quantitative estimate of drug-likeness (QED) is 0.0226. The van der Waals surface area contributed by atoms with Gasteiger partial charge in [-0.15, -0.1) is 0 Å². The minimum absolute atomic E-state index is 0.264. The minimum atomic E-state index is -5.09. The van der Waals surface area contributed by atoms with Crippen LogP contribution in [0.5, 0.6) is 0 Å². The summed E-state index contributed by atoms with van der Waals surface area (Å²) in [6.07, 6.45) is 30.3. The van der Waals surface area contributed by atoms with Crippen molar-refractivity contribution in [3.05, 3.63) is 0 Å². The number of aliphatic hydroxyl groups is 5. The summed E-state index contributed by atoms with van der Waals surface area (Å²) in [6, 6.07) is -1.02. The third-order valence-corrected chi connectivity index (χ3v) is 12.7. The van der Waals surface area contributed by atoms with Crippen molar-refractivity contribution in [2.24, 2.45) is 0 Å². The molecule has 14 heteroatoms. The first-order chi connectivity index (χ1) is 29.4. The largest absolute Gasteiger partial charge is 0.397 e. The summed E-state index contributed by atoms with van der Waals surface area (Å²) < 4.78 is 47.1. The van der Waals surface area contributed by atoms with Gasteiger partial charge in [-0.1, -0.05) is 219 Å². The molecule has 0 saturated carbocycles. The number of nitrogens with one attached hydrogen (secondary N) is 1. The van der Waals surface area contributed by atoms with Crippen molar-refractivity contribution in [1.82, 2.24) is 5.32 Å². The van der Waals surface area contributed by atoms with Crippen LogP contribution in [0.4, 0.5) is 0 Å². The Bertz CT molecular complexity index is 1120. The Labute approximate surface area is 371 Å². The summed E-state index contributed by atoms with van der Waals surface area (Å²) in [6.45, 7) is 3.09. The molecule has 1 heterocycles. The monoisotopic (exact) mass is 896 g/mol. The first kappa shape index (κ1) is 58.1. The van der Waals surface area contributed by atoms with Crippen molar-refractivity contribution in [2.75, 3.05) is 13.2 Å². The van der Waals surface area contributed by atoms with Crippen LogP contribution in [-0.2, 0) is 28.9 Å². The molecule has 364 valence electrons. The SMILES string of the molecule is CCCCCCCCCCCCCCCCCCCCCCCCCCCCCCCC(O)C(=O)NC(COC1OC(CO)C(O)C(OS(=O)(=O)O)C1O)C(O)CCCCC. The molecule has 0 aromatic heterocycles. The smallest absolute Gasteiger partial charge is 0.394 e. The van der Waals surface area contributed by atoms with E-state index in [0.717, 1.165) is 32.1 Å². The van der Waals surface area contributed by atoms with E-state index in [4.69, 9.17) is 14.0 Å². The molecule has 0 radical (unpaired) electrons. The molecule has 0 bridgehead atoms. The molecule has 1 aliphatic rings. The van der Waals surface area contributed by atoms with Crippen LogP contribution < -0.4 is 5.32 Å². The van der Waals surface area contributed by atoms with E-state index in [2.05, 4.69) is 16.4 Å². The zero-order chi connectivity index (χ0) is 45.0. The van der Waals surface area contributed by atoms with Gasteiger partial charge in [0.1, 0.15) is 30.5 Å². The van der Waals surface area contributed by atoms with Gasteiger partial charge in [0, 0.05) is 0 Å². The molecule has 0 aromatic carbocycles. The molecule has 1 fully saturated rings. The van der Waals surface area contributed by atoms with Crippen LogP contribution in [0.3, 0.4) is 0 Å². The molecular formula is C47H93NO12S. The molecule has 0 aromatic rings. The van der Waals surface area contributed by atoms with Gasteiger partial charge in [0.25, 0.3) is 0 Å². The fraction of sp³-hybridized carbons (Fsp3) is 0.979. The van der Waals surface area contributed by atoms with E-state index in [0.29, 0.717) is 19.3 Å². The second kappa shape index (κ2) is 38.3. The molecule has 1 saturated heterocycles. The summed E-state index contributed by atoms with van der Waals surface area (Å²) in [5, 5.41) is 54.6. The highest BCUT2D eigenvalue weighted by atomic mass is 32.3. The van der Waals surface area contributed by atoms with Gasteiger partial charge in [-0.05, 0) is 12.8 Å². The Morgan fingerprint density at radius 2 is 0.951 bits per heavy atom. The lowest BCUT2D eigenvalue weighted by molar-refractivity contribution is -0.298. The first-order valence-electron chi connectivity index (χ1n) is 25.0. The topological polar surface area (TPSA) is 212 Å². The molecule has 0 spiro atoms. The van der Waals surface area contributed by atoms with Crippen molar-refractivity contribution in [1.29, 1.82) is 0 Å². The van der Waals surface area contributed by atoms with Crippen molar-refractivity contribution >= 4 is 16.3 Å². The number of amides is 1. The fourth-order valence-electron chi connectivity index (χ4n) is 8.29. The van der Waals surface area contributed by atoms with E-state index < -0.39 is 78.5 Å². The third kappa shape index (κ3) is 30.8. The second-order valence-electron chi connectivity index (χ2n) is 17.9. The molecule has 7 N–H and O–H groups in total. The van der Waals surface area contributed by atoms with Crippen molar-refractivity contribution < 1.29 is 57.0 Å². The van der Waals surface area contributed by atoms with Gasteiger partial charge in [-0.2, -0.15) is 8.42 Å². The number of hydrogen-bond acceptors (Lipinski definition) is 11. The lowest BCUT2D eigenvalue weighted by Gasteiger charge is -2.41. The second-order valence-corrected chi connectivity index (χ2v) is 19.0. The van der Waals surface area contributed by atoms with Crippen molar-refractivity contribution in [2.45, 2.75) is 281 Å². The van der Waals surface area contributed by atoms with Gasteiger partial charge in [-0.3, -0.25) is 9.35 Å². The molecule has 61 heavy (non-hydrogen) atoms. The Morgan fingerprint density at radius 3 is 1.33 bits per heavy atom. The molecule has 8 unspecified atom stereocenters. The van der Waals surface area contributed by atoms with E-state index in [1.54, 1.807) is 0 Å². The first-order valence-corrected chi connectivity index (χ1v) is 26.4. The van der Waals surface area contributed by atoms with Crippen LogP contribution in [0.25, 0.3) is 0 Å². The van der Waals surface area contributed by atoms with E-state index in [1.807, 2.05) is 6.92 Å². The van der Waals surface area contributed by atoms with Crippen molar-refractivity contribution in [3.63, 3.8) is 0 Å². The maximum absolute atomic E-state index is 13.0. The number of hydrogen-bond donors (Lipinski definition) is 7. The molecule has 1 aliphatic heterocycles. The van der Waals surface area contributed by atoms with E-state index in [1.165, 1.54) is 161 Å². The standard InChI is InChI=1S/C47H93NO12S/c1-3-5-7-8-9-10-11-12-13-14-15-16-17-18-19-20-21-22-23-24-25-26-27-28-29-30-31-32-34-36-41(51)46(54)48-39(40(50)35-33-6-4-2)38-58-47-44(53)45(60-61(55,56)57)43(52)42(37-49)59-47/h39-45,47,49-53H,3-38H2,1-2H3,(H,48,54)(H,55,56,57).